The standard InChI is InChI=1S/C16H23N3O/c1-13(2)7-8-18-9-11-19(12-10-18)15-5-3-14(4-6-15)16(17)20/h3-7H,8-12H2,1-2H3,(H2,17,20). The Morgan fingerprint density at radius 1 is 1.15 bits per heavy atom. The van der Waals surface area contributed by atoms with Crippen LogP contribution in [0.2, 0.25) is 0 Å². The van der Waals surface area contributed by atoms with Crippen LogP contribution < -0.4 is 10.6 Å². The van der Waals surface area contributed by atoms with E-state index in [1.165, 1.54) is 5.57 Å². The maximum Gasteiger partial charge on any atom is 0.248 e. The van der Waals surface area contributed by atoms with Gasteiger partial charge in [-0.3, -0.25) is 9.69 Å². The lowest BCUT2D eigenvalue weighted by molar-refractivity contribution is 0.100. The van der Waals surface area contributed by atoms with Gasteiger partial charge in [0.2, 0.25) is 5.91 Å². The Kier molecular flexibility index (Phi) is 4.79. The van der Waals surface area contributed by atoms with Gasteiger partial charge in [-0.05, 0) is 38.1 Å². The van der Waals surface area contributed by atoms with Crippen molar-refractivity contribution in [2.24, 2.45) is 5.73 Å². The van der Waals surface area contributed by atoms with Crippen molar-refractivity contribution in [1.29, 1.82) is 0 Å². The Bertz CT molecular complexity index is 481. The highest BCUT2D eigenvalue weighted by atomic mass is 16.1. The van der Waals surface area contributed by atoms with Gasteiger partial charge in [0, 0.05) is 44.0 Å². The summed E-state index contributed by atoms with van der Waals surface area (Å²) in [5.41, 5.74) is 8.35. The van der Waals surface area contributed by atoms with E-state index in [2.05, 4.69) is 29.7 Å². The van der Waals surface area contributed by atoms with Crippen molar-refractivity contribution in [2.75, 3.05) is 37.6 Å². The van der Waals surface area contributed by atoms with Gasteiger partial charge < -0.3 is 10.6 Å². The first-order valence-corrected chi connectivity index (χ1v) is 7.07. The monoisotopic (exact) mass is 273 g/mol. The van der Waals surface area contributed by atoms with Crippen molar-refractivity contribution >= 4 is 11.6 Å². The number of carbonyl (C=O) groups excluding carboxylic acids is 1. The van der Waals surface area contributed by atoms with Crippen LogP contribution in [0.4, 0.5) is 5.69 Å². The molecule has 4 heteroatoms. The third-order valence-corrected chi connectivity index (χ3v) is 3.65. The smallest absolute Gasteiger partial charge is 0.248 e. The molecule has 0 spiro atoms. The van der Waals surface area contributed by atoms with E-state index >= 15 is 0 Å². The Hall–Kier alpha value is -1.81. The minimum atomic E-state index is -0.372. The van der Waals surface area contributed by atoms with Gasteiger partial charge in [-0.15, -0.1) is 0 Å². The van der Waals surface area contributed by atoms with Crippen molar-refractivity contribution in [3.05, 3.63) is 41.5 Å². The SMILES string of the molecule is CC(C)=CCN1CCN(c2ccc(C(N)=O)cc2)CC1. The van der Waals surface area contributed by atoms with Gasteiger partial charge in [-0.2, -0.15) is 0 Å². The summed E-state index contributed by atoms with van der Waals surface area (Å²) in [6.07, 6.45) is 2.28. The molecule has 0 radical (unpaired) electrons. The van der Waals surface area contributed by atoms with Crippen LogP contribution in [0.1, 0.15) is 24.2 Å². The number of nitrogens with two attached hydrogens (primary N) is 1. The van der Waals surface area contributed by atoms with Gasteiger partial charge in [-0.1, -0.05) is 11.6 Å². The largest absolute Gasteiger partial charge is 0.369 e. The predicted molar refractivity (Wildman–Crippen MR) is 83.0 cm³/mol. The van der Waals surface area contributed by atoms with E-state index in [4.69, 9.17) is 5.73 Å². The predicted octanol–water partition coefficient (Wildman–Crippen LogP) is 1.87. The number of hydrogen-bond donors (Lipinski definition) is 1. The van der Waals surface area contributed by atoms with E-state index in [0.717, 1.165) is 38.4 Å². The number of primary amides is 1. The van der Waals surface area contributed by atoms with Crippen LogP contribution in [0.5, 0.6) is 0 Å². The molecule has 1 fully saturated rings. The van der Waals surface area contributed by atoms with Crippen LogP contribution in [0.15, 0.2) is 35.9 Å². The van der Waals surface area contributed by atoms with Crippen molar-refractivity contribution in [3.63, 3.8) is 0 Å². The van der Waals surface area contributed by atoms with E-state index in [-0.39, 0.29) is 5.91 Å². The average molecular weight is 273 g/mol. The summed E-state index contributed by atoms with van der Waals surface area (Å²) < 4.78 is 0. The molecule has 20 heavy (non-hydrogen) atoms. The van der Waals surface area contributed by atoms with E-state index in [9.17, 15) is 4.79 Å². The molecule has 1 amide bonds. The third-order valence-electron chi connectivity index (χ3n) is 3.65. The minimum Gasteiger partial charge on any atom is -0.369 e. The first kappa shape index (κ1) is 14.6. The second-order valence-electron chi connectivity index (χ2n) is 5.48. The number of nitrogens with zero attached hydrogens (tertiary/aromatic N) is 2. The van der Waals surface area contributed by atoms with Gasteiger partial charge >= 0.3 is 0 Å². The molecule has 2 N–H and O–H groups in total. The van der Waals surface area contributed by atoms with E-state index in [1.54, 1.807) is 12.1 Å². The van der Waals surface area contributed by atoms with Gasteiger partial charge in [0.05, 0.1) is 0 Å². The molecular weight excluding hydrogens is 250 g/mol. The molecule has 0 aliphatic carbocycles. The molecule has 0 unspecified atom stereocenters. The molecule has 0 bridgehead atoms. The van der Waals surface area contributed by atoms with E-state index in [1.807, 2.05) is 12.1 Å². The molecular formula is C16H23N3O. The first-order valence-electron chi connectivity index (χ1n) is 7.07. The quantitative estimate of drug-likeness (QED) is 0.852. The zero-order valence-electron chi connectivity index (χ0n) is 12.3. The van der Waals surface area contributed by atoms with Crippen LogP contribution in [-0.2, 0) is 0 Å². The summed E-state index contributed by atoms with van der Waals surface area (Å²) in [6, 6.07) is 7.55. The molecule has 4 nitrogen and oxygen atoms in total. The number of hydrogen-bond acceptors (Lipinski definition) is 3. The fourth-order valence-electron chi connectivity index (χ4n) is 2.34. The number of amides is 1. The summed E-state index contributed by atoms with van der Waals surface area (Å²) in [5.74, 6) is -0.372. The fourth-order valence-corrected chi connectivity index (χ4v) is 2.34. The Morgan fingerprint density at radius 3 is 2.25 bits per heavy atom. The maximum atomic E-state index is 11.1. The highest BCUT2D eigenvalue weighted by Crippen LogP contribution is 2.17. The zero-order chi connectivity index (χ0) is 14.5. The van der Waals surface area contributed by atoms with Crippen molar-refractivity contribution in [1.82, 2.24) is 4.90 Å². The van der Waals surface area contributed by atoms with Gasteiger partial charge in [-0.25, -0.2) is 0 Å². The second-order valence-corrected chi connectivity index (χ2v) is 5.48. The summed E-state index contributed by atoms with van der Waals surface area (Å²) in [6.45, 7) is 9.49. The second kappa shape index (κ2) is 6.57. The van der Waals surface area contributed by atoms with Crippen LogP contribution in [0.3, 0.4) is 0 Å². The number of anilines is 1. The zero-order valence-corrected chi connectivity index (χ0v) is 12.3. The highest BCUT2D eigenvalue weighted by Gasteiger charge is 2.16. The van der Waals surface area contributed by atoms with E-state index in [0.29, 0.717) is 5.56 Å². The third kappa shape index (κ3) is 3.84. The van der Waals surface area contributed by atoms with Crippen LogP contribution in [0.25, 0.3) is 0 Å². The van der Waals surface area contributed by atoms with Gasteiger partial charge in [0.25, 0.3) is 0 Å². The summed E-state index contributed by atoms with van der Waals surface area (Å²) >= 11 is 0. The maximum absolute atomic E-state index is 11.1. The molecule has 1 heterocycles. The Morgan fingerprint density at radius 2 is 1.75 bits per heavy atom. The lowest BCUT2D eigenvalue weighted by atomic mass is 10.1. The van der Waals surface area contributed by atoms with Crippen LogP contribution >= 0.6 is 0 Å². The summed E-state index contributed by atoms with van der Waals surface area (Å²) in [5, 5.41) is 0. The van der Waals surface area contributed by atoms with Gasteiger partial charge in [0.1, 0.15) is 0 Å². The molecule has 0 saturated carbocycles. The molecule has 1 aromatic rings. The normalized spacial score (nSPS) is 16.0. The number of rotatable bonds is 4. The topological polar surface area (TPSA) is 49.6 Å². The Balaban J connectivity index is 1.90. The van der Waals surface area contributed by atoms with Crippen LogP contribution in [-0.4, -0.2) is 43.5 Å². The molecule has 1 aromatic carbocycles. The lowest BCUT2D eigenvalue weighted by Crippen LogP contribution is -2.46. The lowest BCUT2D eigenvalue weighted by Gasteiger charge is -2.35. The molecule has 1 aliphatic heterocycles. The number of carbonyl (C=O) groups is 1. The van der Waals surface area contributed by atoms with Crippen molar-refractivity contribution in [3.8, 4) is 0 Å². The molecule has 2 rings (SSSR count). The summed E-state index contributed by atoms with van der Waals surface area (Å²) in [7, 11) is 0. The molecule has 0 atom stereocenters. The number of allylic oxidation sites excluding steroid dienone is 1. The molecule has 0 aromatic heterocycles. The first-order chi connectivity index (χ1) is 9.56. The Labute approximate surface area is 120 Å². The highest BCUT2D eigenvalue weighted by molar-refractivity contribution is 5.93. The van der Waals surface area contributed by atoms with E-state index < -0.39 is 0 Å². The molecule has 1 saturated heterocycles. The molecule has 1 aliphatic rings. The van der Waals surface area contributed by atoms with Gasteiger partial charge in [0.15, 0.2) is 0 Å². The fraction of sp³-hybridized carbons (Fsp3) is 0.438. The minimum absolute atomic E-state index is 0.372. The molecule has 108 valence electrons. The van der Waals surface area contributed by atoms with Crippen molar-refractivity contribution < 1.29 is 4.79 Å². The summed E-state index contributed by atoms with van der Waals surface area (Å²) in [4.78, 5) is 15.9. The number of benzene rings is 1. The van der Waals surface area contributed by atoms with Crippen molar-refractivity contribution in [2.45, 2.75) is 13.8 Å². The number of piperazine rings is 1. The average Bonchev–Trinajstić information content (AvgIpc) is 2.46. The van der Waals surface area contributed by atoms with Crippen LogP contribution in [0, 0.1) is 0 Å².